The van der Waals surface area contributed by atoms with Crippen molar-refractivity contribution in [1.82, 2.24) is 0 Å². The molecule has 0 spiro atoms. The SMILES string of the molecule is CC/C=C\C/C=C\C/C=C\C/C=C\C/C=C\CCCC(=O)OC(CCCCCCCCCCCC)CCCCCCCCCCC(=O)O. The van der Waals surface area contributed by atoms with Crippen LogP contribution in [0.1, 0.15) is 200 Å². The van der Waals surface area contributed by atoms with Crippen LogP contribution in [0.2, 0.25) is 0 Å². The van der Waals surface area contributed by atoms with Gasteiger partial charge in [0.15, 0.2) is 0 Å². The van der Waals surface area contributed by atoms with Gasteiger partial charge in [0, 0.05) is 12.8 Å². The van der Waals surface area contributed by atoms with Crippen LogP contribution in [0.4, 0.5) is 0 Å². The van der Waals surface area contributed by atoms with Gasteiger partial charge in [-0.1, -0.05) is 171 Å². The molecule has 0 heterocycles. The third-order valence-electron chi connectivity index (χ3n) is 8.75. The summed E-state index contributed by atoms with van der Waals surface area (Å²) in [6.45, 7) is 4.43. The molecule has 4 nitrogen and oxygen atoms in total. The van der Waals surface area contributed by atoms with Crippen LogP contribution in [-0.4, -0.2) is 23.1 Å². The number of carboxylic acids is 1. The number of allylic oxidation sites excluding steroid dienone is 10. The van der Waals surface area contributed by atoms with E-state index in [1.807, 2.05) is 0 Å². The Morgan fingerprint density at radius 2 is 0.875 bits per heavy atom. The summed E-state index contributed by atoms with van der Waals surface area (Å²) in [5.41, 5.74) is 0. The summed E-state index contributed by atoms with van der Waals surface area (Å²) < 4.78 is 6.02. The quantitative estimate of drug-likeness (QED) is 0.0410. The Labute approximate surface area is 297 Å². The van der Waals surface area contributed by atoms with E-state index in [4.69, 9.17) is 9.84 Å². The molecule has 1 unspecified atom stereocenters. The maximum Gasteiger partial charge on any atom is 0.306 e. The third-order valence-corrected chi connectivity index (χ3v) is 8.75. The lowest BCUT2D eigenvalue weighted by molar-refractivity contribution is -0.150. The van der Waals surface area contributed by atoms with Gasteiger partial charge in [-0.15, -0.1) is 0 Å². The summed E-state index contributed by atoms with van der Waals surface area (Å²) in [7, 11) is 0. The van der Waals surface area contributed by atoms with E-state index in [-0.39, 0.29) is 12.1 Å². The summed E-state index contributed by atoms with van der Waals surface area (Å²) in [4.78, 5) is 23.3. The summed E-state index contributed by atoms with van der Waals surface area (Å²) >= 11 is 0. The molecule has 1 N–H and O–H groups in total. The van der Waals surface area contributed by atoms with Gasteiger partial charge in [-0.05, 0) is 77.0 Å². The van der Waals surface area contributed by atoms with Crippen molar-refractivity contribution in [1.29, 1.82) is 0 Å². The van der Waals surface area contributed by atoms with Gasteiger partial charge in [0.25, 0.3) is 0 Å². The normalized spacial score (nSPS) is 12.9. The van der Waals surface area contributed by atoms with Crippen LogP contribution >= 0.6 is 0 Å². The average Bonchev–Trinajstić information content (AvgIpc) is 3.07. The molecule has 0 saturated heterocycles. The second-order valence-electron chi connectivity index (χ2n) is 13.4. The van der Waals surface area contributed by atoms with E-state index in [9.17, 15) is 9.59 Å². The molecule has 0 saturated carbocycles. The van der Waals surface area contributed by atoms with Crippen LogP contribution in [-0.2, 0) is 14.3 Å². The topological polar surface area (TPSA) is 63.6 Å². The van der Waals surface area contributed by atoms with Crippen molar-refractivity contribution in [2.75, 3.05) is 0 Å². The zero-order valence-corrected chi connectivity index (χ0v) is 31.5. The number of carboxylic acid groups (broad SMARTS) is 1. The van der Waals surface area contributed by atoms with Crippen molar-refractivity contribution < 1.29 is 19.4 Å². The number of carbonyl (C=O) groups is 2. The second-order valence-corrected chi connectivity index (χ2v) is 13.4. The van der Waals surface area contributed by atoms with Crippen molar-refractivity contribution >= 4 is 11.9 Å². The Bertz CT molecular complexity index is 850. The lowest BCUT2D eigenvalue weighted by Crippen LogP contribution is -2.18. The van der Waals surface area contributed by atoms with Gasteiger partial charge in [-0.2, -0.15) is 0 Å². The van der Waals surface area contributed by atoms with Crippen molar-refractivity contribution in [2.45, 2.75) is 206 Å². The standard InChI is InChI=1S/C44H76O4/c1-3-5-7-9-11-13-15-16-17-18-19-20-21-23-29-33-37-41-44(47)48-42(38-34-30-26-22-14-12-10-8-6-4-2)39-35-31-27-24-25-28-32-36-40-43(45)46/h5,7,11,13,16-17,19-20,23,29,42H,3-4,6,8-10,12,14-15,18,21-22,24-28,30-41H2,1-2H3,(H,45,46)/b7-5-,13-11-,17-16-,20-19-,29-23-. The first-order valence-corrected chi connectivity index (χ1v) is 20.3. The molecule has 0 radical (unpaired) electrons. The maximum atomic E-state index is 12.7. The number of carbonyl (C=O) groups excluding carboxylic acids is 1. The van der Waals surface area contributed by atoms with Crippen LogP contribution in [0.25, 0.3) is 0 Å². The highest BCUT2D eigenvalue weighted by atomic mass is 16.5. The van der Waals surface area contributed by atoms with Gasteiger partial charge in [0.1, 0.15) is 6.10 Å². The minimum absolute atomic E-state index is 0.0270. The molecule has 1 atom stereocenters. The molecule has 0 rings (SSSR count). The molecule has 4 heteroatoms. The highest BCUT2D eigenvalue weighted by molar-refractivity contribution is 5.69. The monoisotopic (exact) mass is 669 g/mol. The average molecular weight is 669 g/mol. The summed E-state index contributed by atoms with van der Waals surface area (Å²) in [6, 6.07) is 0. The molecule has 0 aromatic rings. The van der Waals surface area contributed by atoms with Gasteiger partial charge in [-0.3, -0.25) is 9.59 Å². The number of esters is 1. The fourth-order valence-electron chi connectivity index (χ4n) is 5.81. The number of hydrogen-bond donors (Lipinski definition) is 1. The predicted molar refractivity (Wildman–Crippen MR) is 208 cm³/mol. The Morgan fingerprint density at radius 3 is 1.31 bits per heavy atom. The first kappa shape index (κ1) is 45.6. The lowest BCUT2D eigenvalue weighted by atomic mass is 10.0. The van der Waals surface area contributed by atoms with Crippen molar-refractivity contribution in [3.8, 4) is 0 Å². The van der Waals surface area contributed by atoms with Gasteiger partial charge in [0.2, 0.25) is 0 Å². The number of hydrogen-bond acceptors (Lipinski definition) is 3. The summed E-state index contributed by atoms with van der Waals surface area (Å²) in [5, 5.41) is 8.75. The van der Waals surface area contributed by atoms with Crippen LogP contribution in [0, 0.1) is 0 Å². The molecule has 276 valence electrons. The van der Waals surface area contributed by atoms with Crippen molar-refractivity contribution in [2.24, 2.45) is 0 Å². The molecule has 0 aliphatic heterocycles. The zero-order valence-electron chi connectivity index (χ0n) is 31.5. The Balaban J connectivity index is 4.20. The number of rotatable bonds is 36. The van der Waals surface area contributed by atoms with E-state index in [1.54, 1.807) is 0 Å². The maximum absolute atomic E-state index is 12.7. The molecule has 0 aliphatic rings. The molecule has 48 heavy (non-hydrogen) atoms. The predicted octanol–water partition coefficient (Wildman–Crippen LogP) is 14.1. The first-order valence-electron chi connectivity index (χ1n) is 20.3. The molecular formula is C44H76O4. The van der Waals surface area contributed by atoms with Crippen LogP contribution in [0.3, 0.4) is 0 Å². The van der Waals surface area contributed by atoms with Gasteiger partial charge < -0.3 is 9.84 Å². The van der Waals surface area contributed by atoms with E-state index in [0.29, 0.717) is 12.8 Å². The smallest absolute Gasteiger partial charge is 0.306 e. The molecule has 0 bridgehead atoms. The van der Waals surface area contributed by atoms with Crippen molar-refractivity contribution in [3.05, 3.63) is 60.8 Å². The zero-order chi connectivity index (χ0) is 35.0. The van der Waals surface area contributed by atoms with Gasteiger partial charge in [-0.25, -0.2) is 0 Å². The van der Waals surface area contributed by atoms with E-state index in [0.717, 1.165) is 89.9 Å². The Morgan fingerprint density at radius 1 is 0.479 bits per heavy atom. The Kier molecular flexibility index (Phi) is 37.2. The van der Waals surface area contributed by atoms with Gasteiger partial charge in [0.05, 0.1) is 0 Å². The molecule has 0 fully saturated rings. The second kappa shape index (κ2) is 39.1. The highest BCUT2D eigenvalue weighted by Gasteiger charge is 2.14. The van der Waals surface area contributed by atoms with E-state index >= 15 is 0 Å². The van der Waals surface area contributed by atoms with E-state index in [1.165, 1.54) is 83.5 Å². The fraction of sp³-hybridized carbons (Fsp3) is 0.727. The minimum Gasteiger partial charge on any atom is -0.481 e. The van der Waals surface area contributed by atoms with Crippen molar-refractivity contribution in [3.63, 3.8) is 0 Å². The summed E-state index contributed by atoms with van der Waals surface area (Å²) in [5.74, 6) is -0.714. The highest BCUT2D eigenvalue weighted by Crippen LogP contribution is 2.19. The fourth-order valence-corrected chi connectivity index (χ4v) is 5.81. The summed E-state index contributed by atoms with van der Waals surface area (Å²) in [6.07, 6.45) is 53.9. The largest absolute Gasteiger partial charge is 0.481 e. The molecule has 0 aromatic heterocycles. The van der Waals surface area contributed by atoms with E-state index < -0.39 is 5.97 Å². The first-order chi connectivity index (χ1) is 23.6. The molecular weight excluding hydrogens is 592 g/mol. The molecule has 0 amide bonds. The number of aliphatic carboxylic acids is 1. The van der Waals surface area contributed by atoms with E-state index in [2.05, 4.69) is 74.6 Å². The number of unbranched alkanes of at least 4 members (excludes halogenated alkanes) is 17. The lowest BCUT2D eigenvalue weighted by Gasteiger charge is -2.18. The van der Waals surface area contributed by atoms with Gasteiger partial charge >= 0.3 is 11.9 Å². The minimum atomic E-state index is -0.687. The number of ether oxygens (including phenoxy) is 1. The Hall–Kier alpha value is -2.36. The molecule has 0 aliphatic carbocycles. The van der Waals surface area contributed by atoms with Crippen LogP contribution in [0.15, 0.2) is 60.8 Å². The molecule has 0 aromatic carbocycles. The van der Waals surface area contributed by atoms with Crippen LogP contribution < -0.4 is 0 Å². The van der Waals surface area contributed by atoms with Crippen LogP contribution in [0.5, 0.6) is 0 Å². The third kappa shape index (κ3) is 38.1.